The summed E-state index contributed by atoms with van der Waals surface area (Å²) < 4.78 is 0. The maximum Gasteiger partial charge on any atom is 0.00746 e. The summed E-state index contributed by atoms with van der Waals surface area (Å²) >= 11 is 0. The van der Waals surface area contributed by atoms with Crippen LogP contribution in [0.15, 0.2) is 24.3 Å². The van der Waals surface area contributed by atoms with Crippen molar-refractivity contribution in [2.75, 3.05) is 19.6 Å². The van der Waals surface area contributed by atoms with Crippen molar-refractivity contribution in [1.82, 2.24) is 5.32 Å². The first-order valence-electron chi connectivity index (χ1n) is 5.73. The molecule has 2 nitrogen and oxygen atoms in total. The largest absolute Gasteiger partial charge is 0.329 e. The summed E-state index contributed by atoms with van der Waals surface area (Å²) in [6, 6.07) is 8.89. The molecule has 0 saturated carbocycles. The maximum atomic E-state index is 5.40. The highest BCUT2D eigenvalue weighted by Crippen LogP contribution is 2.14. The molecule has 2 heteroatoms. The Morgan fingerprint density at radius 3 is 2.33 bits per heavy atom. The third kappa shape index (κ3) is 4.45. The van der Waals surface area contributed by atoms with Crippen molar-refractivity contribution in [3.05, 3.63) is 35.4 Å². The summed E-state index contributed by atoms with van der Waals surface area (Å²) in [5, 5.41) is 3.30. The van der Waals surface area contributed by atoms with Gasteiger partial charge < -0.3 is 11.1 Å². The first kappa shape index (κ1) is 12.2. The van der Waals surface area contributed by atoms with Gasteiger partial charge in [-0.3, -0.25) is 0 Å². The maximum absolute atomic E-state index is 5.40. The summed E-state index contributed by atoms with van der Waals surface area (Å²) in [7, 11) is 0. The predicted octanol–water partition coefficient (Wildman–Crippen LogP) is 1.90. The normalized spacial score (nSPS) is 10.9. The number of hydrogen-bond donors (Lipinski definition) is 2. The van der Waals surface area contributed by atoms with E-state index in [1.807, 2.05) is 0 Å². The predicted molar refractivity (Wildman–Crippen MR) is 66.2 cm³/mol. The highest BCUT2D eigenvalue weighted by atomic mass is 14.9. The minimum Gasteiger partial charge on any atom is -0.329 e. The van der Waals surface area contributed by atoms with Crippen LogP contribution in [0, 0.1) is 0 Å². The van der Waals surface area contributed by atoms with Gasteiger partial charge in [-0.05, 0) is 30.0 Å². The molecule has 84 valence electrons. The Hall–Kier alpha value is -0.860. The second-order valence-electron chi connectivity index (χ2n) is 4.18. The molecular formula is C13H22N2. The van der Waals surface area contributed by atoms with E-state index >= 15 is 0 Å². The Balaban J connectivity index is 2.36. The molecule has 1 aromatic carbocycles. The van der Waals surface area contributed by atoms with Gasteiger partial charge in [0.1, 0.15) is 0 Å². The van der Waals surface area contributed by atoms with Crippen molar-refractivity contribution >= 4 is 0 Å². The van der Waals surface area contributed by atoms with E-state index in [0.29, 0.717) is 12.5 Å². The van der Waals surface area contributed by atoms with Crippen LogP contribution in [0.1, 0.15) is 30.9 Å². The Bertz CT molecular complexity index is 264. The number of hydrogen-bond acceptors (Lipinski definition) is 2. The van der Waals surface area contributed by atoms with Gasteiger partial charge in [0.05, 0.1) is 0 Å². The SMILES string of the molecule is CC(C)c1ccc(CCNCCN)cc1. The van der Waals surface area contributed by atoms with Crippen molar-refractivity contribution in [3.63, 3.8) is 0 Å². The van der Waals surface area contributed by atoms with Gasteiger partial charge in [-0.25, -0.2) is 0 Å². The lowest BCUT2D eigenvalue weighted by Crippen LogP contribution is -2.24. The van der Waals surface area contributed by atoms with Crippen LogP contribution in [0.4, 0.5) is 0 Å². The molecule has 3 N–H and O–H groups in total. The lowest BCUT2D eigenvalue weighted by atomic mass is 10.0. The highest BCUT2D eigenvalue weighted by molar-refractivity contribution is 5.24. The molecule has 1 aromatic rings. The monoisotopic (exact) mass is 206 g/mol. The van der Waals surface area contributed by atoms with Crippen LogP contribution >= 0.6 is 0 Å². The Kier molecular flexibility index (Phi) is 5.37. The molecule has 0 aliphatic carbocycles. The Morgan fingerprint density at radius 2 is 1.80 bits per heavy atom. The van der Waals surface area contributed by atoms with E-state index in [1.54, 1.807) is 0 Å². The van der Waals surface area contributed by atoms with Crippen LogP contribution in [0.2, 0.25) is 0 Å². The number of nitrogens with one attached hydrogen (secondary N) is 1. The topological polar surface area (TPSA) is 38.0 Å². The van der Waals surface area contributed by atoms with Gasteiger partial charge in [0, 0.05) is 13.1 Å². The quantitative estimate of drug-likeness (QED) is 0.698. The zero-order valence-corrected chi connectivity index (χ0v) is 9.79. The van der Waals surface area contributed by atoms with Gasteiger partial charge in [0.25, 0.3) is 0 Å². The molecule has 0 bridgehead atoms. The summed E-state index contributed by atoms with van der Waals surface area (Å²) in [6.07, 6.45) is 1.08. The lowest BCUT2D eigenvalue weighted by molar-refractivity contribution is 0.688. The van der Waals surface area contributed by atoms with E-state index in [-0.39, 0.29) is 0 Å². The minimum absolute atomic E-state index is 0.620. The van der Waals surface area contributed by atoms with E-state index < -0.39 is 0 Å². The zero-order chi connectivity index (χ0) is 11.1. The average Bonchev–Trinajstić information content (AvgIpc) is 2.25. The van der Waals surface area contributed by atoms with Crippen molar-refractivity contribution in [2.45, 2.75) is 26.2 Å². The van der Waals surface area contributed by atoms with Crippen LogP contribution in [0.5, 0.6) is 0 Å². The van der Waals surface area contributed by atoms with Gasteiger partial charge in [-0.2, -0.15) is 0 Å². The standard InChI is InChI=1S/C13H22N2/c1-11(2)13-5-3-12(4-6-13)7-9-15-10-8-14/h3-6,11,15H,7-10,14H2,1-2H3. The molecule has 0 atom stereocenters. The molecule has 0 fully saturated rings. The molecule has 0 spiro atoms. The third-order valence-electron chi connectivity index (χ3n) is 2.56. The van der Waals surface area contributed by atoms with Crippen molar-refractivity contribution in [3.8, 4) is 0 Å². The number of rotatable bonds is 6. The summed E-state index contributed by atoms with van der Waals surface area (Å²) in [6.45, 7) is 7.07. The number of nitrogens with two attached hydrogens (primary N) is 1. The van der Waals surface area contributed by atoms with Crippen LogP contribution in [-0.4, -0.2) is 19.6 Å². The first-order valence-corrected chi connectivity index (χ1v) is 5.73. The van der Waals surface area contributed by atoms with Crippen molar-refractivity contribution in [1.29, 1.82) is 0 Å². The highest BCUT2D eigenvalue weighted by Gasteiger charge is 1.98. The molecule has 0 aliphatic heterocycles. The summed E-state index contributed by atoms with van der Waals surface area (Å²) in [5.74, 6) is 0.620. The molecule has 0 aromatic heterocycles. The molecule has 0 saturated heterocycles. The van der Waals surface area contributed by atoms with Crippen LogP contribution in [-0.2, 0) is 6.42 Å². The van der Waals surface area contributed by atoms with Crippen LogP contribution in [0.25, 0.3) is 0 Å². The molecule has 0 radical (unpaired) electrons. The van der Waals surface area contributed by atoms with E-state index in [0.717, 1.165) is 19.5 Å². The molecule has 0 amide bonds. The van der Waals surface area contributed by atoms with Gasteiger partial charge in [0.2, 0.25) is 0 Å². The van der Waals surface area contributed by atoms with Gasteiger partial charge in [-0.15, -0.1) is 0 Å². The fraction of sp³-hybridized carbons (Fsp3) is 0.538. The molecule has 0 heterocycles. The van der Waals surface area contributed by atoms with E-state index in [4.69, 9.17) is 5.73 Å². The fourth-order valence-electron chi connectivity index (χ4n) is 1.53. The van der Waals surface area contributed by atoms with Crippen molar-refractivity contribution in [2.24, 2.45) is 5.73 Å². The van der Waals surface area contributed by atoms with E-state index in [9.17, 15) is 0 Å². The molecule has 0 aliphatic rings. The Morgan fingerprint density at radius 1 is 1.13 bits per heavy atom. The average molecular weight is 206 g/mol. The number of benzene rings is 1. The van der Waals surface area contributed by atoms with Crippen LogP contribution < -0.4 is 11.1 Å². The fourth-order valence-corrected chi connectivity index (χ4v) is 1.53. The first-order chi connectivity index (χ1) is 7.24. The molecule has 15 heavy (non-hydrogen) atoms. The molecular weight excluding hydrogens is 184 g/mol. The van der Waals surface area contributed by atoms with Gasteiger partial charge in [0.15, 0.2) is 0 Å². The lowest BCUT2D eigenvalue weighted by Gasteiger charge is -2.07. The third-order valence-corrected chi connectivity index (χ3v) is 2.56. The summed E-state index contributed by atoms with van der Waals surface area (Å²) in [5.41, 5.74) is 8.20. The zero-order valence-electron chi connectivity index (χ0n) is 9.79. The smallest absolute Gasteiger partial charge is 0.00746 e. The molecule has 0 unspecified atom stereocenters. The van der Waals surface area contributed by atoms with Crippen LogP contribution in [0.3, 0.4) is 0 Å². The summed E-state index contributed by atoms with van der Waals surface area (Å²) in [4.78, 5) is 0. The van der Waals surface area contributed by atoms with Gasteiger partial charge in [-0.1, -0.05) is 38.1 Å². The van der Waals surface area contributed by atoms with E-state index in [1.165, 1.54) is 11.1 Å². The second-order valence-corrected chi connectivity index (χ2v) is 4.18. The minimum atomic E-state index is 0.620. The van der Waals surface area contributed by atoms with E-state index in [2.05, 4.69) is 43.4 Å². The second kappa shape index (κ2) is 6.59. The van der Waals surface area contributed by atoms with Crippen molar-refractivity contribution < 1.29 is 0 Å². The molecule has 1 rings (SSSR count). The van der Waals surface area contributed by atoms with Gasteiger partial charge >= 0.3 is 0 Å². The Labute approximate surface area is 92.9 Å².